The number of para-hydroxylation sites is 2. The molecule has 9 rings (SSSR count). The van der Waals surface area contributed by atoms with Crippen molar-refractivity contribution in [1.82, 2.24) is 19.5 Å². The van der Waals surface area contributed by atoms with Crippen molar-refractivity contribution < 1.29 is 24.5 Å². The summed E-state index contributed by atoms with van der Waals surface area (Å²) in [5, 5.41) is 4.58. The van der Waals surface area contributed by atoms with Crippen LogP contribution in [0.1, 0.15) is 82.7 Å². The van der Waals surface area contributed by atoms with Gasteiger partial charge in [0.2, 0.25) is 5.71 Å². The summed E-state index contributed by atoms with van der Waals surface area (Å²) in [6, 6.07) is 44.8. The van der Waals surface area contributed by atoms with Gasteiger partial charge in [0.05, 0.1) is 22.4 Å². The van der Waals surface area contributed by atoms with Crippen molar-refractivity contribution >= 4 is 61.7 Å². The van der Waals surface area contributed by atoms with E-state index in [9.17, 15) is 0 Å². The summed E-state index contributed by atoms with van der Waals surface area (Å²) in [6.07, 6.45) is 4.31. The number of rotatable bonds is 7. The number of hydrogen-bond donors (Lipinski definition) is 0. The van der Waals surface area contributed by atoms with Crippen LogP contribution in [0.15, 0.2) is 114 Å². The molecule has 5 nitrogen and oxygen atoms in total. The Morgan fingerprint density at radius 1 is 0.738 bits per heavy atom. The maximum Gasteiger partial charge on any atom is 3.00 e. The van der Waals surface area contributed by atoms with Crippen LogP contribution in [0, 0.1) is 30.7 Å². The first-order valence-corrected chi connectivity index (χ1v) is 28.6. The van der Waals surface area contributed by atoms with E-state index in [1.54, 1.807) is 0 Å². The molecule has 7 heteroatoms. The molecule has 0 saturated heterocycles. The van der Waals surface area contributed by atoms with Crippen molar-refractivity contribution in [1.29, 1.82) is 0 Å². The Labute approximate surface area is 377 Å². The molecule has 0 aliphatic heterocycles. The number of hydrogen-bond acceptors (Lipinski definition) is 4. The minimum Gasteiger partial charge on any atom is -0.486 e. The molecule has 0 aliphatic carbocycles. The fourth-order valence-corrected chi connectivity index (χ4v) is 11.7. The van der Waals surface area contributed by atoms with Crippen molar-refractivity contribution in [3.05, 3.63) is 150 Å². The number of aryl methyl sites for hydroxylation is 1. The SMILES string of the molecule is CC(C)(C)Cc1cc(-c2[c-]cccc2)[c-]n[c]1[Ge]([CH3])([CH3])[CH3].Cc1ccc2c(n1)oc1c(-c3nc4ccccc4n3-c3c(C(C)C)cc4ccccc4c3C(C)C)[c-]ccc12.[Ir+3]. The molecule has 0 bridgehead atoms. The number of fused-ring (bicyclic) bond motifs is 5. The van der Waals surface area contributed by atoms with Crippen molar-refractivity contribution in [3.8, 4) is 28.2 Å². The smallest absolute Gasteiger partial charge is 0.486 e. The maximum absolute atomic E-state index is 6.44. The van der Waals surface area contributed by atoms with Crippen LogP contribution in [0.5, 0.6) is 0 Å². The largest absolute Gasteiger partial charge is 3.00 e. The quantitative estimate of drug-likeness (QED) is 0.118. The van der Waals surface area contributed by atoms with Gasteiger partial charge in [-0.25, -0.2) is 4.98 Å². The van der Waals surface area contributed by atoms with Gasteiger partial charge in [-0.3, -0.25) is 4.98 Å². The van der Waals surface area contributed by atoms with E-state index in [1.807, 2.05) is 37.3 Å². The first-order valence-electron chi connectivity index (χ1n) is 21.2. The first-order chi connectivity index (χ1) is 28.6. The molecule has 61 heavy (non-hydrogen) atoms. The van der Waals surface area contributed by atoms with Gasteiger partial charge in [-0.2, -0.15) is 0 Å². The van der Waals surface area contributed by atoms with Gasteiger partial charge in [0.15, 0.2) is 0 Å². The Hall–Kier alpha value is -4.88. The molecular weight excluding hydrogens is 985 g/mol. The Morgan fingerprint density at radius 2 is 1.48 bits per heavy atom. The normalized spacial score (nSPS) is 12.1. The molecule has 0 amide bonds. The Balaban J connectivity index is 0.000000217. The van der Waals surface area contributed by atoms with E-state index >= 15 is 0 Å². The van der Waals surface area contributed by atoms with Crippen molar-refractivity contribution in [2.75, 3.05) is 0 Å². The van der Waals surface area contributed by atoms with E-state index < -0.39 is 13.3 Å². The monoisotopic (exact) mass is 1040 g/mol. The van der Waals surface area contributed by atoms with Crippen LogP contribution in [0.4, 0.5) is 0 Å². The zero-order chi connectivity index (χ0) is 42.5. The van der Waals surface area contributed by atoms with Crippen molar-refractivity contribution in [2.45, 2.75) is 90.9 Å². The number of imidazole rings is 1. The zero-order valence-corrected chi connectivity index (χ0v) is 41.8. The van der Waals surface area contributed by atoms with Crippen LogP contribution in [-0.4, -0.2) is 32.8 Å². The summed E-state index contributed by atoms with van der Waals surface area (Å²) < 4.78 is 10.1. The topological polar surface area (TPSA) is 56.7 Å². The summed E-state index contributed by atoms with van der Waals surface area (Å²) >= 11 is -1.98. The molecule has 310 valence electrons. The van der Waals surface area contributed by atoms with Gasteiger partial charge in [0.25, 0.3) is 0 Å². The predicted octanol–water partition coefficient (Wildman–Crippen LogP) is 14.0. The number of furan rings is 1. The number of benzene rings is 5. The van der Waals surface area contributed by atoms with Gasteiger partial charge in [0, 0.05) is 16.8 Å². The van der Waals surface area contributed by atoms with Gasteiger partial charge in [-0.1, -0.05) is 75.0 Å². The molecule has 0 fully saturated rings. The standard InChI is InChI=1S/C35H30N3O.C19H25GeN.Ir/c1-20(2)28-19-23-11-6-7-12-24(23)31(21(3)4)32(28)38-30-16-9-8-15-29(30)37-34(38)27-14-10-13-25-26-18-17-22(5)36-35(26)39-33(25)27;1-19(2,3)13-16-12-17(15-10-8-7-9-11-15)14-21-18(16)20(4,5)6;/h6-13,15-21H,1-5H3;7-10,12H,13H2,1-6H3;/q-1;-2;+3. The molecule has 0 N–H and O–H groups in total. The third-order valence-corrected chi connectivity index (χ3v) is 15.0. The van der Waals surface area contributed by atoms with Crippen LogP contribution in [-0.2, 0) is 26.5 Å². The average Bonchev–Trinajstić information content (AvgIpc) is 3.77. The summed E-state index contributed by atoms with van der Waals surface area (Å²) in [5.74, 6) is 8.64. The first kappa shape index (κ1) is 44.2. The Kier molecular flexibility index (Phi) is 12.7. The molecule has 9 aromatic rings. The molecule has 0 saturated carbocycles. The summed E-state index contributed by atoms with van der Waals surface area (Å²) in [5.41, 5.74) is 12.8. The number of nitrogens with zero attached hydrogens (tertiary/aromatic N) is 4. The summed E-state index contributed by atoms with van der Waals surface area (Å²) in [6.45, 7) is 18.0. The fourth-order valence-electron chi connectivity index (χ4n) is 8.48. The molecule has 0 radical (unpaired) electrons. The van der Waals surface area contributed by atoms with Crippen LogP contribution in [0.2, 0.25) is 17.3 Å². The molecule has 0 unspecified atom stereocenters. The van der Waals surface area contributed by atoms with Crippen LogP contribution < -0.4 is 4.53 Å². The minimum atomic E-state index is -1.98. The summed E-state index contributed by atoms with van der Waals surface area (Å²) in [4.78, 5) is 14.7. The van der Waals surface area contributed by atoms with E-state index in [2.05, 4.69) is 172 Å². The summed E-state index contributed by atoms with van der Waals surface area (Å²) in [7, 11) is 0. The van der Waals surface area contributed by atoms with Gasteiger partial charge >= 0.3 is 152 Å². The molecule has 0 atom stereocenters. The van der Waals surface area contributed by atoms with Crippen LogP contribution in [0.25, 0.3) is 72.1 Å². The Bertz CT molecular complexity index is 3000. The van der Waals surface area contributed by atoms with Crippen LogP contribution in [0.3, 0.4) is 0 Å². The third kappa shape index (κ3) is 8.91. The fraction of sp³-hybridized carbons (Fsp3) is 0.278. The molecule has 0 aliphatic rings. The van der Waals surface area contributed by atoms with Gasteiger partial charge < -0.3 is 8.98 Å². The third-order valence-electron chi connectivity index (χ3n) is 11.1. The number of pyridine rings is 2. The molecular formula is C54H55GeIrN4O. The van der Waals surface area contributed by atoms with E-state index in [1.165, 1.54) is 37.7 Å². The number of aromatic nitrogens is 4. The van der Waals surface area contributed by atoms with Crippen molar-refractivity contribution in [3.63, 3.8) is 0 Å². The van der Waals surface area contributed by atoms with E-state index in [0.29, 0.717) is 17.5 Å². The molecule has 0 spiro atoms. The van der Waals surface area contributed by atoms with Gasteiger partial charge in [-0.15, -0.1) is 18.2 Å². The second kappa shape index (κ2) is 17.5. The van der Waals surface area contributed by atoms with Gasteiger partial charge in [-0.05, 0) is 71.0 Å². The molecule has 4 aromatic heterocycles. The zero-order valence-electron chi connectivity index (χ0n) is 37.3. The second-order valence-corrected chi connectivity index (χ2v) is 29.4. The van der Waals surface area contributed by atoms with E-state index in [4.69, 9.17) is 14.4 Å². The maximum atomic E-state index is 6.44. The van der Waals surface area contributed by atoms with Gasteiger partial charge in [0.1, 0.15) is 0 Å². The van der Waals surface area contributed by atoms with Crippen LogP contribution >= 0.6 is 0 Å². The molecule has 5 aromatic carbocycles. The Morgan fingerprint density at radius 3 is 2.18 bits per heavy atom. The van der Waals surface area contributed by atoms with Crippen molar-refractivity contribution in [2.24, 2.45) is 5.41 Å². The molecule has 4 heterocycles. The van der Waals surface area contributed by atoms with E-state index in [0.717, 1.165) is 62.0 Å². The second-order valence-electron chi connectivity index (χ2n) is 18.9. The minimum absolute atomic E-state index is 0. The van der Waals surface area contributed by atoms with E-state index in [-0.39, 0.29) is 25.5 Å². The average molecular weight is 1040 g/mol. The predicted molar refractivity (Wildman–Crippen MR) is 254 cm³/mol.